The van der Waals surface area contributed by atoms with Gasteiger partial charge in [0.25, 0.3) is 0 Å². The molecule has 0 spiro atoms. The van der Waals surface area contributed by atoms with E-state index in [0.717, 1.165) is 22.3 Å². The summed E-state index contributed by atoms with van der Waals surface area (Å²) >= 11 is 0. The van der Waals surface area contributed by atoms with Crippen LogP contribution >= 0.6 is 0 Å². The van der Waals surface area contributed by atoms with E-state index < -0.39 is 120 Å². The van der Waals surface area contributed by atoms with Crippen molar-refractivity contribution in [1.29, 1.82) is 0 Å². The van der Waals surface area contributed by atoms with Gasteiger partial charge in [0, 0.05) is 63.0 Å². The highest BCUT2D eigenvalue weighted by Crippen LogP contribution is 2.45. The van der Waals surface area contributed by atoms with Crippen molar-refractivity contribution in [2.45, 2.75) is 179 Å². The second-order valence-corrected chi connectivity index (χ2v) is 24.9. The Balaban J connectivity index is 0.871. The number of primary amides is 1. The number of carbonyl (C=O) groups excluding carboxylic acids is 9. The third-order valence-corrected chi connectivity index (χ3v) is 17.2. The molecule has 3 aromatic rings. The molecule has 7 amide bonds. The Morgan fingerprint density at radius 1 is 0.828 bits per heavy atom. The van der Waals surface area contributed by atoms with Crippen molar-refractivity contribution in [1.82, 2.24) is 25.8 Å². The maximum Gasteiger partial charge on any atom is 0.410 e. The van der Waals surface area contributed by atoms with E-state index in [2.05, 4.69) is 21.3 Å². The molecule has 3 aliphatic heterocycles. The van der Waals surface area contributed by atoms with Crippen molar-refractivity contribution in [3.05, 3.63) is 125 Å². The average Bonchev–Trinajstić information content (AvgIpc) is 1.64. The first-order chi connectivity index (χ1) is 44.0. The van der Waals surface area contributed by atoms with Crippen molar-refractivity contribution in [2.24, 2.45) is 17.6 Å². The molecule has 3 aromatic carbocycles. The van der Waals surface area contributed by atoms with E-state index in [1.54, 1.807) is 70.2 Å². The number of aliphatic hydroxyl groups is 3. The summed E-state index contributed by atoms with van der Waals surface area (Å²) in [5.41, 5.74) is 8.20. The second-order valence-electron chi connectivity index (χ2n) is 24.9. The number of esters is 2. The monoisotopic (exact) mass is 1290 g/mol. The van der Waals surface area contributed by atoms with Gasteiger partial charge < -0.3 is 80.5 Å². The topological polar surface area (TPSA) is 354 Å². The van der Waals surface area contributed by atoms with E-state index in [0.29, 0.717) is 24.0 Å². The summed E-state index contributed by atoms with van der Waals surface area (Å²) in [5, 5.41) is 42.5. The average molecular weight is 1290 g/mol. The number of hydrogen-bond acceptors (Lipinski definition) is 18. The summed E-state index contributed by atoms with van der Waals surface area (Å²) in [5.74, 6) is -5.41. The third kappa shape index (κ3) is 20.2. The van der Waals surface area contributed by atoms with E-state index in [1.807, 2.05) is 62.4 Å². The van der Waals surface area contributed by atoms with Gasteiger partial charge in [0.15, 0.2) is 6.10 Å². The number of carbonyl (C=O) groups is 9. The number of nitrogens with two attached hydrogens (primary N) is 1. The van der Waals surface area contributed by atoms with Gasteiger partial charge in [-0.2, -0.15) is 0 Å². The summed E-state index contributed by atoms with van der Waals surface area (Å²) < 4.78 is 34.8. The lowest BCUT2D eigenvalue weighted by molar-refractivity contribution is -0.168. The zero-order chi connectivity index (χ0) is 67.9. The van der Waals surface area contributed by atoms with Gasteiger partial charge in [-0.05, 0) is 105 Å². The van der Waals surface area contributed by atoms with Crippen LogP contribution in [0.25, 0.3) is 11.1 Å². The number of aliphatic hydroxyl groups excluding tert-OH is 2. The number of cyclic esters (lactones) is 1. The third-order valence-electron chi connectivity index (χ3n) is 17.2. The Bertz CT molecular complexity index is 3230. The van der Waals surface area contributed by atoms with Crippen molar-refractivity contribution in [3.8, 4) is 11.1 Å². The van der Waals surface area contributed by atoms with Gasteiger partial charge >= 0.3 is 30.2 Å². The summed E-state index contributed by atoms with van der Waals surface area (Å²) in [6.45, 7) is 14.6. The van der Waals surface area contributed by atoms with E-state index in [4.69, 9.17) is 34.2 Å². The highest BCUT2D eigenvalue weighted by atomic mass is 16.6. The molecule has 25 heteroatoms. The number of fused-ring (bicyclic) bond motifs is 3. The lowest BCUT2D eigenvalue weighted by Crippen LogP contribution is -2.55. The summed E-state index contributed by atoms with van der Waals surface area (Å²) in [4.78, 5) is 121. The van der Waals surface area contributed by atoms with Gasteiger partial charge in [-0.1, -0.05) is 106 Å². The normalized spacial score (nSPS) is 24.2. The first-order valence-electron chi connectivity index (χ1n) is 31.5. The number of nitrogens with one attached hydrogen (secondary N) is 4. The van der Waals surface area contributed by atoms with E-state index in [9.17, 15) is 58.5 Å². The van der Waals surface area contributed by atoms with Crippen LogP contribution in [0.3, 0.4) is 0 Å². The second kappa shape index (κ2) is 32.3. The summed E-state index contributed by atoms with van der Waals surface area (Å²) in [6, 6.07) is 18.1. The number of amides is 7. The van der Waals surface area contributed by atoms with Gasteiger partial charge in [-0.15, -0.1) is 0 Å². The Morgan fingerprint density at radius 2 is 1.43 bits per heavy atom. The molecule has 504 valence electrons. The first kappa shape index (κ1) is 71.8. The molecule has 0 saturated carbocycles. The summed E-state index contributed by atoms with van der Waals surface area (Å²) in [7, 11) is 0. The fraction of sp³-hybridized carbons (Fsp3) is 0.515. The zero-order valence-corrected chi connectivity index (χ0v) is 54.2. The van der Waals surface area contributed by atoms with Gasteiger partial charge in [0.2, 0.25) is 23.6 Å². The molecule has 2 fully saturated rings. The van der Waals surface area contributed by atoms with Crippen LogP contribution in [0, 0.1) is 11.8 Å². The number of benzene rings is 3. The number of hydrogen-bond donors (Lipinski definition) is 8. The van der Waals surface area contributed by atoms with Crippen LogP contribution in [-0.2, 0) is 63.8 Å². The van der Waals surface area contributed by atoms with Crippen molar-refractivity contribution >= 4 is 59.5 Å². The van der Waals surface area contributed by atoms with Crippen LogP contribution in [0.4, 0.5) is 20.1 Å². The zero-order valence-electron chi connectivity index (χ0n) is 54.2. The predicted molar refractivity (Wildman–Crippen MR) is 340 cm³/mol. The van der Waals surface area contributed by atoms with Crippen molar-refractivity contribution < 1.29 is 86.9 Å². The molecule has 4 aliphatic rings. The SMILES string of the molecule is CCC(O)C(C)[C@H]1O[C@@H]1CC(C)(O)/C=C/C=C(\C)[C@H]1OC(=O)C[C@H](O)CC[C@@](C)(OC(C)=O)[C@@H](OC(=O)N2CCN(C(=O)OCc3ccc(NC(=O)C(CC(N)=O)NC(=O)C(C)NC(=O)C(C)NC(=O)OCC4c5ccccc5-c5ccccc54)cc3)CC2)/C=C/[C@@H]1C. The van der Waals surface area contributed by atoms with Crippen LogP contribution in [-0.4, -0.2) is 178 Å². The lowest BCUT2D eigenvalue weighted by atomic mass is 9.88. The largest absolute Gasteiger partial charge is 0.457 e. The number of anilines is 1. The predicted octanol–water partition coefficient (Wildman–Crippen LogP) is 5.97. The molecule has 0 radical (unpaired) electrons. The van der Waals surface area contributed by atoms with Crippen LogP contribution in [0.2, 0.25) is 0 Å². The molecular weight excluding hydrogens is 1200 g/mol. The smallest absolute Gasteiger partial charge is 0.410 e. The van der Waals surface area contributed by atoms with Crippen LogP contribution in [0.15, 0.2) is 109 Å². The Kier molecular flexibility index (Phi) is 24.9. The molecule has 3 heterocycles. The maximum absolute atomic E-state index is 14.0. The molecular formula is C68H89N7O18. The van der Waals surface area contributed by atoms with Crippen LogP contribution < -0.4 is 27.0 Å². The minimum atomic E-state index is -1.51. The molecule has 0 bridgehead atoms. The number of epoxide rings is 1. The van der Waals surface area contributed by atoms with Gasteiger partial charge in [-0.3, -0.25) is 28.8 Å². The van der Waals surface area contributed by atoms with E-state index in [-0.39, 0.29) is 88.4 Å². The minimum absolute atomic E-state index is 0.0101. The minimum Gasteiger partial charge on any atom is -0.457 e. The number of rotatable bonds is 23. The highest BCUT2D eigenvalue weighted by Gasteiger charge is 2.48. The van der Waals surface area contributed by atoms with Crippen molar-refractivity contribution in [2.75, 3.05) is 38.1 Å². The molecule has 13 atom stereocenters. The number of ether oxygens (including phenoxy) is 6. The molecule has 25 nitrogen and oxygen atoms in total. The Hall–Kier alpha value is -8.65. The molecule has 7 rings (SSSR count). The molecule has 6 unspecified atom stereocenters. The highest BCUT2D eigenvalue weighted by molar-refractivity contribution is 6.00. The molecule has 1 aliphatic carbocycles. The molecule has 93 heavy (non-hydrogen) atoms. The summed E-state index contributed by atoms with van der Waals surface area (Å²) in [6.07, 6.45) is 1.71. The number of alkyl carbamates (subject to hydrolysis) is 1. The van der Waals surface area contributed by atoms with Gasteiger partial charge in [0.05, 0.1) is 42.9 Å². The Morgan fingerprint density at radius 3 is 2.04 bits per heavy atom. The fourth-order valence-corrected chi connectivity index (χ4v) is 11.6. The molecule has 2 saturated heterocycles. The van der Waals surface area contributed by atoms with Gasteiger partial charge in [-0.25, -0.2) is 14.4 Å². The quantitative estimate of drug-likeness (QED) is 0.0178. The number of piperazine rings is 1. The first-order valence-corrected chi connectivity index (χ1v) is 31.5. The Labute approximate surface area is 541 Å². The van der Waals surface area contributed by atoms with Crippen molar-refractivity contribution in [3.63, 3.8) is 0 Å². The lowest BCUT2D eigenvalue weighted by Gasteiger charge is -2.38. The number of nitrogens with zero attached hydrogens (tertiary/aromatic N) is 2. The fourth-order valence-electron chi connectivity index (χ4n) is 11.6. The number of allylic oxidation sites excluding steroid dienone is 2. The van der Waals surface area contributed by atoms with Gasteiger partial charge in [0.1, 0.15) is 43.0 Å². The van der Waals surface area contributed by atoms with E-state index >= 15 is 0 Å². The molecule has 9 N–H and O–H groups in total. The van der Waals surface area contributed by atoms with Crippen LogP contribution in [0.5, 0.6) is 0 Å². The molecule has 0 aromatic heterocycles. The standard InChI is InChI=1S/C68H89N7O18/c1-10-54(78)41(4)60-55(90-60)36-67(8,87)28-15-16-39(2)59-40(3)21-26-56(68(9,93-44(7)76)29-27-47(77)34-58(80)92-59)91-66(86)75-32-30-74(31-33-75)65(85)89-37-45-22-24-46(25-23-45)72-63(83)53(35-57(69)79)73-62(82)42(5)70-61(81)43(6)71-64(84)88-38-52-50-19-13-11-17-48(50)49-18-12-14-20-51(49)52/h11-26,28,40-43,47,52-56,59-60,77-78,87H,10,27,29-38H2,1-9H3,(H2,69,79)(H,70,81)(H,71,84)(H,72,83)(H,73,82)/b26-21+,28-15+,39-16+/t40-,41?,42?,43?,47+,53?,54?,55+,56-,59+,60+,67?,68+/m0/s1. The van der Waals surface area contributed by atoms with Crippen LogP contribution in [0.1, 0.15) is 123 Å². The maximum atomic E-state index is 14.0. The van der Waals surface area contributed by atoms with E-state index in [1.165, 1.54) is 42.7 Å².